The number of hydrogen-bond donors (Lipinski definition) is 0. The molecule has 0 spiro atoms. The van der Waals surface area contributed by atoms with Crippen molar-refractivity contribution in [2.24, 2.45) is 5.10 Å². The number of non-ortho nitro benzene ring substituents is 1. The minimum absolute atomic E-state index is 0.00117. The smallest absolute Gasteiger partial charge is 0.340 e. The third-order valence-corrected chi connectivity index (χ3v) is 5.22. The largest absolute Gasteiger partial charge is 0.454 e. The zero-order valence-corrected chi connectivity index (χ0v) is 15.0. The van der Waals surface area contributed by atoms with Crippen molar-refractivity contribution >= 4 is 17.4 Å². The number of hydrogen-bond acceptors (Lipinski definition) is 6. The lowest BCUT2D eigenvalue weighted by Crippen LogP contribution is -2.30. The highest BCUT2D eigenvalue weighted by Crippen LogP contribution is 2.38. The molecule has 142 valence electrons. The standard InChI is InChI=1S/C19H16N4O5/c1-21-9-14-6-12-7-16-17(28-10-27-16)8-15(12)18(20-22(14)19(21)24)11-2-4-13(5-3-11)23(25)26/h2-5,7-8,14H,6,9-10H2,1H3. The van der Waals surface area contributed by atoms with E-state index in [1.54, 1.807) is 24.1 Å². The number of benzene rings is 2. The van der Waals surface area contributed by atoms with Crippen LogP contribution in [0, 0.1) is 10.1 Å². The summed E-state index contributed by atoms with van der Waals surface area (Å²) in [5.41, 5.74) is 3.10. The first-order chi connectivity index (χ1) is 13.5. The average Bonchev–Trinajstić information content (AvgIpc) is 3.19. The van der Waals surface area contributed by atoms with Gasteiger partial charge in [-0.1, -0.05) is 0 Å². The van der Waals surface area contributed by atoms with Gasteiger partial charge in [0.05, 0.1) is 16.7 Å². The summed E-state index contributed by atoms with van der Waals surface area (Å²) in [6, 6.07) is 9.71. The van der Waals surface area contributed by atoms with Crippen LogP contribution in [0.4, 0.5) is 10.5 Å². The summed E-state index contributed by atoms with van der Waals surface area (Å²) in [7, 11) is 1.75. The number of hydrazone groups is 1. The number of urea groups is 1. The third-order valence-electron chi connectivity index (χ3n) is 5.22. The number of rotatable bonds is 2. The fourth-order valence-electron chi connectivity index (χ4n) is 3.82. The first-order valence-corrected chi connectivity index (χ1v) is 8.82. The number of carbonyl (C=O) groups excluding carboxylic acids is 1. The zero-order chi connectivity index (χ0) is 19.4. The van der Waals surface area contributed by atoms with Crippen molar-refractivity contribution in [1.82, 2.24) is 9.91 Å². The number of amides is 2. The summed E-state index contributed by atoms with van der Waals surface area (Å²) < 4.78 is 11.0. The van der Waals surface area contributed by atoms with Gasteiger partial charge in [0.1, 0.15) is 0 Å². The van der Waals surface area contributed by atoms with E-state index in [-0.39, 0.29) is 24.6 Å². The Labute approximate surface area is 159 Å². The number of nitrogens with zero attached hydrogens (tertiary/aromatic N) is 4. The molecule has 3 aliphatic rings. The lowest BCUT2D eigenvalue weighted by atomic mass is 9.93. The van der Waals surface area contributed by atoms with E-state index < -0.39 is 4.92 Å². The molecule has 2 aromatic rings. The van der Waals surface area contributed by atoms with Gasteiger partial charge in [0.15, 0.2) is 11.5 Å². The van der Waals surface area contributed by atoms with Crippen LogP contribution in [0.25, 0.3) is 0 Å². The van der Waals surface area contributed by atoms with Gasteiger partial charge in [-0.05, 0) is 36.2 Å². The van der Waals surface area contributed by atoms with Gasteiger partial charge in [0.2, 0.25) is 6.79 Å². The van der Waals surface area contributed by atoms with E-state index in [9.17, 15) is 14.9 Å². The number of likely N-dealkylation sites (N-methyl/N-ethyl adjacent to an activating group) is 1. The van der Waals surface area contributed by atoms with Crippen molar-refractivity contribution in [3.63, 3.8) is 0 Å². The SMILES string of the molecule is CN1CC2Cc3cc4c(cc3C(c3ccc([N+](=O)[O-])cc3)=NN2C1=O)OCO4. The molecule has 0 aliphatic carbocycles. The molecule has 9 heteroatoms. The fourth-order valence-corrected chi connectivity index (χ4v) is 3.82. The molecule has 3 aliphatic heterocycles. The van der Waals surface area contributed by atoms with Gasteiger partial charge in [-0.3, -0.25) is 10.1 Å². The predicted molar refractivity (Wildman–Crippen MR) is 98.7 cm³/mol. The van der Waals surface area contributed by atoms with Crippen LogP contribution >= 0.6 is 0 Å². The number of nitro groups is 1. The van der Waals surface area contributed by atoms with Gasteiger partial charge >= 0.3 is 6.03 Å². The molecule has 1 atom stereocenters. The molecule has 28 heavy (non-hydrogen) atoms. The van der Waals surface area contributed by atoms with Crippen LogP contribution < -0.4 is 9.47 Å². The molecular weight excluding hydrogens is 364 g/mol. The van der Waals surface area contributed by atoms with Crippen LogP contribution in [0.15, 0.2) is 41.5 Å². The Bertz CT molecular complexity index is 1030. The van der Waals surface area contributed by atoms with Gasteiger partial charge in [-0.15, -0.1) is 0 Å². The maximum atomic E-state index is 12.6. The minimum Gasteiger partial charge on any atom is -0.454 e. The van der Waals surface area contributed by atoms with E-state index in [2.05, 4.69) is 5.10 Å². The van der Waals surface area contributed by atoms with Crippen LogP contribution in [0.5, 0.6) is 11.5 Å². The molecule has 2 aromatic carbocycles. The third kappa shape index (κ3) is 2.47. The van der Waals surface area contributed by atoms with Crippen LogP contribution in [0.3, 0.4) is 0 Å². The highest BCUT2D eigenvalue weighted by Gasteiger charge is 2.39. The lowest BCUT2D eigenvalue weighted by molar-refractivity contribution is -0.384. The van der Waals surface area contributed by atoms with Crippen LogP contribution in [-0.2, 0) is 6.42 Å². The summed E-state index contributed by atoms with van der Waals surface area (Å²) >= 11 is 0. The van der Waals surface area contributed by atoms with E-state index in [4.69, 9.17) is 9.47 Å². The van der Waals surface area contributed by atoms with Crippen LogP contribution in [0.2, 0.25) is 0 Å². The second kappa shape index (κ2) is 5.95. The molecule has 0 bridgehead atoms. The molecule has 0 saturated carbocycles. The number of fused-ring (bicyclic) bond motifs is 3. The Morgan fingerprint density at radius 2 is 1.89 bits per heavy atom. The van der Waals surface area contributed by atoms with Crippen molar-refractivity contribution in [3.8, 4) is 11.5 Å². The Morgan fingerprint density at radius 3 is 2.61 bits per heavy atom. The monoisotopic (exact) mass is 380 g/mol. The molecule has 0 aromatic heterocycles. The van der Waals surface area contributed by atoms with Crippen molar-refractivity contribution in [3.05, 3.63) is 63.2 Å². The van der Waals surface area contributed by atoms with Gasteiger partial charge < -0.3 is 14.4 Å². The van der Waals surface area contributed by atoms with Crippen molar-refractivity contribution in [2.75, 3.05) is 20.4 Å². The summed E-state index contributed by atoms with van der Waals surface area (Å²) in [4.78, 5) is 24.7. The summed E-state index contributed by atoms with van der Waals surface area (Å²) in [5, 5.41) is 17.2. The maximum absolute atomic E-state index is 12.6. The second-order valence-electron chi connectivity index (χ2n) is 6.98. The first kappa shape index (κ1) is 16.5. The van der Waals surface area contributed by atoms with Gasteiger partial charge in [0, 0.05) is 36.9 Å². The molecule has 0 N–H and O–H groups in total. The maximum Gasteiger partial charge on any atom is 0.340 e. The van der Waals surface area contributed by atoms with Crippen molar-refractivity contribution < 1.29 is 19.2 Å². The number of nitro benzene ring substituents is 1. The molecule has 5 rings (SSSR count). The summed E-state index contributed by atoms with van der Waals surface area (Å²) in [6.07, 6.45) is 0.627. The van der Waals surface area contributed by atoms with Crippen molar-refractivity contribution in [2.45, 2.75) is 12.5 Å². The molecule has 1 fully saturated rings. The Hall–Kier alpha value is -3.62. The van der Waals surface area contributed by atoms with E-state index >= 15 is 0 Å². The normalized spacial score (nSPS) is 19.8. The van der Waals surface area contributed by atoms with E-state index in [0.29, 0.717) is 35.7 Å². The number of ether oxygens (including phenoxy) is 2. The summed E-state index contributed by atoms with van der Waals surface area (Å²) in [5.74, 6) is 1.30. The number of carbonyl (C=O) groups is 1. The highest BCUT2D eigenvalue weighted by atomic mass is 16.7. The van der Waals surface area contributed by atoms with Crippen molar-refractivity contribution in [1.29, 1.82) is 0 Å². The first-order valence-electron chi connectivity index (χ1n) is 8.82. The molecule has 0 radical (unpaired) electrons. The van der Waals surface area contributed by atoms with Gasteiger partial charge in [-0.2, -0.15) is 5.10 Å². The molecule has 9 nitrogen and oxygen atoms in total. The zero-order valence-electron chi connectivity index (χ0n) is 15.0. The lowest BCUT2D eigenvalue weighted by Gasteiger charge is -2.15. The second-order valence-corrected chi connectivity index (χ2v) is 6.98. The van der Waals surface area contributed by atoms with E-state index in [1.165, 1.54) is 17.1 Å². The Morgan fingerprint density at radius 1 is 1.18 bits per heavy atom. The quantitative estimate of drug-likeness (QED) is 0.588. The highest BCUT2D eigenvalue weighted by molar-refractivity contribution is 6.14. The minimum atomic E-state index is -0.445. The van der Waals surface area contributed by atoms with E-state index in [0.717, 1.165) is 11.1 Å². The Balaban J connectivity index is 1.68. The van der Waals surface area contributed by atoms with E-state index in [1.807, 2.05) is 12.1 Å². The van der Waals surface area contributed by atoms with Gasteiger partial charge in [-0.25, -0.2) is 9.80 Å². The molecule has 2 amide bonds. The molecule has 3 heterocycles. The molecule has 1 unspecified atom stereocenters. The average molecular weight is 380 g/mol. The van der Waals surface area contributed by atoms with Crippen LogP contribution in [-0.4, -0.2) is 53.0 Å². The predicted octanol–water partition coefficient (Wildman–Crippen LogP) is 2.37. The topological polar surface area (TPSA) is 97.5 Å². The summed E-state index contributed by atoms with van der Waals surface area (Å²) in [6.45, 7) is 0.739. The molecular formula is C19H16N4O5. The van der Waals surface area contributed by atoms with Gasteiger partial charge in [0.25, 0.3) is 5.69 Å². The van der Waals surface area contributed by atoms with Crippen LogP contribution in [0.1, 0.15) is 16.7 Å². The fraction of sp³-hybridized carbons (Fsp3) is 0.263. The Kier molecular flexibility index (Phi) is 3.51. The molecule has 1 saturated heterocycles.